The van der Waals surface area contributed by atoms with Crippen LogP contribution in [-0.2, 0) is 13.6 Å². The molecule has 0 saturated carbocycles. The van der Waals surface area contributed by atoms with E-state index in [9.17, 15) is 0 Å². The first-order chi connectivity index (χ1) is 12.7. The van der Waals surface area contributed by atoms with Gasteiger partial charge in [0, 0.05) is 24.8 Å². The van der Waals surface area contributed by atoms with Crippen molar-refractivity contribution in [2.24, 2.45) is 7.05 Å². The maximum Gasteiger partial charge on any atom is 0.238 e. The van der Waals surface area contributed by atoms with Crippen molar-refractivity contribution in [2.75, 3.05) is 6.54 Å². The van der Waals surface area contributed by atoms with Gasteiger partial charge in [-0.05, 0) is 38.4 Å². The summed E-state index contributed by atoms with van der Waals surface area (Å²) < 4.78 is 7.77. The van der Waals surface area contributed by atoms with Gasteiger partial charge in [-0.25, -0.2) is 4.98 Å². The van der Waals surface area contributed by atoms with Crippen LogP contribution in [0.15, 0.2) is 48.9 Å². The van der Waals surface area contributed by atoms with E-state index in [-0.39, 0.29) is 6.04 Å². The van der Waals surface area contributed by atoms with Gasteiger partial charge >= 0.3 is 0 Å². The molecule has 1 atom stereocenters. The van der Waals surface area contributed by atoms with Gasteiger partial charge in [-0.3, -0.25) is 14.6 Å². The number of aromatic nitrogens is 4. The fraction of sp³-hybridized carbons (Fsp3) is 0.350. The summed E-state index contributed by atoms with van der Waals surface area (Å²) in [4.78, 5) is 11.5. The van der Waals surface area contributed by atoms with E-state index in [1.54, 1.807) is 6.20 Å². The summed E-state index contributed by atoms with van der Waals surface area (Å²) in [6.07, 6.45) is 7.74. The zero-order chi connectivity index (χ0) is 17.9. The third-order valence-corrected chi connectivity index (χ3v) is 5.01. The van der Waals surface area contributed by atoms with E-state index in [0.29, 0.717) is 5.88 Å². The van der Waals surface area contributed by atoms with Crippen molar-refractivity contribution >= 4 is 0 Å². The fourth-order valence-electron chi connectivity index (χ4n) is 3.45. The number of hydrogen-bond acceptors (Lipinski definition) is 5. The monoisotopic (exact) mass is 349 g/mol. The van der Waals surface area contributed by atoms with Crippen LogP contribution >= 0.6 is 0 Å². The molecule has 3 aromatic rings. The summed E-state index contributed by atoms with van der Waals surface area (Å²) >= 11 is 0. The molecule has 4 rings (SSSR count). The van der Waals surface area contributed by atoms with Gasteiger partial charge in [-0.15, -0.1) is 0 Å². The summed E-state index contributed by atoms with van der Waals surface area (Å²) in [6.45, 7) is 4.06. The Balaban J connectivity index is 1.52. The Bertz CT molecular complexity index is 877. The molecule has 3 heterocycles. The summed E-state index contributed by atoms with van der Waals surface area (Å²) in [5, 5.41) is 4.36. The third-order valence-electron chi connectivity index (χ3n) is 5.01. The molecule has 2 aromatic heterocycles. The van der Waals surface area contributed by atoms with Gasteiger partial charge in [0.2, 0.25) is 5.88 Å². The minimum Gasteiger partial charge on any atom is -0.437 e. The van der Waals surface area contributed by atoms with Crippen LogP contribution in [0.2, 0.25) is 0 Å². The number of aryl methyl sites for hydroxylation is 1. The summed E-state index contributed by atoms with van der Waals surface area (Å²) in [6, 6.07) is 9.96. The van der Waals surface area contributed by atoms with E-state index in [2.05, 4.69) is 21.9 Å². The lowest BCUT2D eigenvalue weighted by molar-refractivity contribution is 0.242. The third kappa shape index (κ3) is 3.46. The predicted octanol–water partition coefficient (Wildman–Crippen LogP) is 3.65. The Morgan fingerprint density at radius 1 is 1.15 bits per heavy atom. The number of para-hydroxylation sites is 1. The molecular weight excluding hydrogens is 326 g/mol. The highest BCUT2D eigenvalue weighted by molar-refractivity contribution is 5.26. The molecule has 0 spiro atoms. The number of likely N-dealkylation sites (tertiary alicyclic amines) is 1. The molecule has 134 valence electrons. The van der Waals surface area contributed by atoms with Crippen LogP contribution in [0.25, 0.3) is 0 Å². The van der Waals surface area contributed by atoms with Crippen molar-refractivity contribution in [1.82, 2.24) is 24.6 Å². The van der Waals surface area contributed by atoms with E-state index in [1.807, 2.05) is 54.5 Å². The maximum atomic E-state index is 5.85. The topological polar surface area (TPSA) is 56.1 Å². The molecule has 0 N–H and O–H groups in total. The average Bonchev–Trinajstić information content (AvgIpc) is 3.25. The smallest absolute Gasteiger partial charge is 0.238 e. The van der Waals surface area contributed by atoms with Crippen molar-refractivity contribution in [1.29, 1.82) is 0 Å². The molecule has 1 saturated heterocycles. The lowest BCUT2D eigenvalue weighted by atomic mass is 10.1. The second kappa shape index (κ2) is 7.25. The number of ether oxygens (including phenoxy) is 1. The van der Waals surface area contributed by atoms with Crippen LogP contribution in [0.3, 0.4) is 0 Å². The molecule has 0 radical (unpaired) electrons. The van der Waals surface area contributed by atoms with Gasteiger partial charge in [-0.1, -0.05) is 18.2 Å². The first kappa shape index (κ1) is 16.7. The highest BCUT2D eigenvalue weighted by atomic mass is 16.5. The lowest BCUT2D eigenvalue weighted by Crippen LogP contribution is -2.24. The van der Waals surface area contributed by atoms with Gasteiger partial charge < -0.3 is 4.74 Å². The normalized spacial score (nSPS) is 17.5. The molecule has 0 aliphatic carbocycles. The molecule has 1 unspecified atom stereocenters. The molecule has 0 amide bonds. The van der Waals surface area contributed by atoms with Crippen LogP contribution in [0, 0.1) is 6.92 Å². The Hall–Kier alpha value is -2.73. The maximum absolute atomic E-state index is 5.85. The van der Waals surface area contributed by atoms with E-state index in [1.165, 1.54) is 11.3 Å². The van der Waals surface area contributed by atoms with Crippen molar-refractivity contribution in [3.8, 4) is 11.6 Å². The van der Waals surface area contributed by atoms with Crippen LogP contribution in [0.1, 0.15) is 35.8 Å². The molecule has 6 heteroatoms. The minimum absolute atomic E-state index is 0.265. The average molecular weight is 349 g/mol. The quantitative estimate of drug-likeness (QED) is 0.704. The zero-order valence-electron chi connectivity index (χ0n) is 15.2. The van der Waals surface area contributed by atoms with Gasteiger partial charge in [-0.2, -0.15) is 5.10 Å². The summed E-state index contributed by atoms with van der Waals surface area (Å²) in [5.41, 5.74) is 3.45. The van der Waals surface area contributed by atoms with Crippen LogP contribution in [0.4, 0.5) is 0 Å². The first-order valence-corrected chi connectivity index (χ1v) is 8.97. The highest BCUT2D eigenvalue weighted by Gasteiger charge is 2.28. The van der Waals surface area contributed by atoms with Gasteiger partial charge in [0.05, 0.1) is 30.3 Å². The summed E-state index contributed by atoms with van der Waals surface area (Å²) in [5.74, 6) is 1.31. The second-order valence-electron chi connectivity index (χ2n) is 6.70. The SMILES string of the molecule is Cc1c(CN2CCCC2c2cncc(Oc3ccccc3)n2)cnn1C. The lowest BCUT2D eigenvalue weighted by Gasteiger charge is -2.23. The van der Waals surface area contributed by atoms with Crippen molar-refractivity contribution in [2.45, 2.75) is 32.4 Å². The second-order valence-corrected chi connectivity index (χ2v) is 6.70. The van der Waals surface area contributed by atoms with E-state index < -0.39 is 0 Å². The number of benzene rings is 1. The number of hydrogen-bond donors (Lipinski definition) is 0. The van der Waals surface area contributed by atoms with E-state index >= 15 is 0 Å². The van der Waals surface area contributed by atoms with Crippen molar-refractivity contribution in [3.63, 3.8) is 0 Å². The summed E-state index contributed by atoms with van der Waals surface area (Å²) in [7, 11) is 1.98. The standard InChI is InChI=1S/C20H23N5O/c1-15-16(11-22-24(15)2)14-25-10-6-9-19(25)18-12-21-13-20(23-18)26-17-7-4-3-5-8-17/h3-5,7-8,11-13,19H,6,9-10,14H2,1-2H3. The zero-order valence-corrected chi connectivity index (χ0v) is 15.2. The molecule has 1 fully saturated rings. The number of nitrogens with zero attached hydrogens (tertiary/aromatic N) is 5. The molecule has 1 aliphatic rings. The van der Waals surface area contributed by atoms with Crippen LogP contribution in [-0.4, -0.2) is 31.2 Å². The van der Waals surface area contributed by atoms with Gasteiger partial charge in [0.1, 0.15) is 5.75 Å². The van der Waals surface area contributed by atoms with Crippen LogP contribution < -0.4 is 4.74 Å². The first-order valence-electron chi connectivity index (χ1n) is 8.97. The Morgan fingerprint density at radius 3 is 2.77 bits per heavy atom. The molecular formula is C20H23N5O. The molecule has 1 aromatic carbocycles. The largest absolute Gasteiger partial charge is 0.437 e. The van der Waals surface area contributed by atoms with Crippen molar-refractivity contribution < 1.29 is 4.74 Å². The molecule has 1 aliphatic heterocycles. The minimum atomic E-state index is 0.265. The van der Waals surface area contributed by atoms with E-state index in [4.69, 9.17) is 9.72 Å². The Morgan fingerprint density at radius 2 is 2.00 bits per heavy atom. The Kier molecular flexibility index (Phi) is 4.67. The fourth-order valence-corrected chi connectivity index (χ4v) is 3.45. The number of rotatable bonds is 5. The predicted molar refractivity (Wildman–Crippen MR) is 98.9 cm³/mol. The molecule has 6 nitrogen and oxygen atoms in total. The molecule has 26 heavy (non-hydrogen) atoms. The Labute approximate surface area is 153 Å². The van der Waals surface area contributed by atoms with Gasteiger partial charge in [0.15, 0.2) is 0 Å². The van der Waals surface area contributed by atoms with Crippen molar-refractivity contribution in [3.05, 3.63) is 65.9 Å². The highest BCUT2D eigenvalue weighted by Crippen LogP contribution is 2.33. The molecule has 0 bridgehead atoms. The van der Waals surface area contributed by atoms with Crippen LogP contribution in [0.5, 0.6) is 11.6 Å². The van der Waals surface area contributed by atoms with E-state index in [0.717, 1.165) is 37.4 Å². The van der Waals surface area contributed by atoms with Gasteiger partial charge in [0.25, 0.3) is 0 Å².